The van der Waals surface area contributed by atoms with Gasteiger partial charge in [-0.05, 0) is 36.2 Å². The van der Waals surface area contributed by atoms with Crippen LogP contribution in [0.1, 0.15) is 23.3 Å². The summed E-state index contributed by atoms with van der Waals surface area (Å²) in [6.07, 6.45) is -5.37. The summed E-state index contributed by atoms with van der Waals surface area (Å²) < 4.78 is 78.8. The zero-order valence-electron chi connectivity index (χ0n) is 15.5. The highest BCUT2D eigenvalue weighted by Crippen LogP contribution is 2.38. The Morgan fingerprint density at radius 2 is 1.74 bits per heavy atom. The molecule has 0 bridgehead atoms. The summed E-state index contributed by atoms with van der Waals surface area (Å²) >= 11 is 3.21. The lowest BCUT2D eigenvalue weighted by molar-refractivity contribution is -0.156. The number of hydrogen-bond acceptors (Lipinski definition) is 4. The third kappa shape index (κ3) is 5.40. The van der Waals surface area contributed by atoms with E-state index >= 15 is 0 Å². The Kier molecular flexibility index (Phi) is 6.63. The number of halogens is 6. The first kappa shape index (κ1) is 22.7. The fraction of sp³-hybridized carbons (Fsp3) is 0.200. The van der Waals surface area contributed by atoms with Crippen LogP contribution >= 0.6 is 15.9 Å². The molecule has 5 nitrogen and oxygen atoms in total. The highest BCUT2D eigenvalue weighted by Gasteiger charge is 2.41. The summed E-state index contributed by atoms with van der Waals surface area (Å²) in [5.41, 5.74) is -0.352. The van der Waals surface area contributed by atoms with E-state index in [1.165, 1.54) is 12.1 Å². The van der Waals surface area contributed by atoms with Crippen LogP contribution in [0.5, 0.6) is 5.75 Å². The molecule has 11 heteroatoms. The highest BCUT2D eigenvalue weighted by atomic mass is 79.9. The van der Waals surface area contributed by atoms with E-state index in [-0.39, 0.29) is 29.7 Å². The quantitative estimate of drug-likeness (QED) is 0.399. The number of rotatable bonds is 7. The number of aliphatic carboxylic acids is 1. The number of hydrogen-bond donors (Lipinski definition) is 1. The lowest BCUT2D eigenvalue weighted by Crippen LogP contribution is -2.10. The van der Waals surface area contributed by atoms with Gasteiger partial charge >= 0.3 is 12.1 Å². The molecule has 164 valence electrons. The number of aryl methyl sites for hydroxylation is 1. The third-order valence-corrected chi connectivity index (χ3v) is 4.74. The summed E-state index contributed by atoms with van der Waals surface area (Å²) in [5.74, 6) is -5.82. The van der Waals surface area contributed by atoms with Crippen LogP contribution in [0.15, 0.2) is 45.4 Å². The molecule has 0 amide bonds. The van der Waals surface area contributed by atoms with Gasteiger partial charge in [0.05, 0.1) is 5.56 Å². The van der Waals surface area contributed by atoms with Gasteiger partial charge < -0.3 is 14.4 Å². The minimum atomic E-state index is -4.91. The Balaban J connectivity index is 1.91. The summed E-state index contributed by atoms with van der Waals surface area (Å²) in [4.78, 5) is 10.6. The van der Waals surface area contributed by atoms with Crippen molar-refractivity contribution in [2.45, 2.75) is 25.6 Å². The second-order valence-corrected chi connectivity index (χ2v) is 7.33. The van der Waals surface area contributed by atoms with E-state index in [1.54, 1.807) is 12.1 Å². The maximum absolute atomic E-state index is 14.3. The molecule has 3 aromatic rings. The molecule has 0 saturated carbocycles. The predicted octanol–water partition coefficient (Wildman–Crippen LogP) is 6.00. The normalized spacial score (nSPS) is 11.5. The maximum Gasteiger partial charge on any atom is 0.452 e. The van der Waals surface area contributed by atoms with Gasteiger partial charge in [-0.15, -0.1) is 0 Å². The van der Waals surface area contributed by atoms with E-state index in [0.717, 1.165) is 12.1 Å². The van der Waals surface area contributed by atoms with E-state index < -0.39 is 47.5 Å². The van der Waals surface area contributed by atoms with Crippen LogP contribution in [0.25, 0.3) is 11.3 Å². The smallest absolute Gasteiger partial charge is 0.452 e. The van der Waals surface area contributed by atoms with Gasteiger partial charge in [-0.25, -0.2) is 8.78 Å². The molecule has 0 atom stereocenters. The first-order valence-corrected chi connectivity index (χ1v) is 9.49. The zero-order valence-corrected chi connectivity index (χ0v) is 17.1. The van der Waals surface area contributed by atoms with Gasteiger partial charge in [0, 0.05) is 16.5 Å². The van der Waals surface area contributed by atoms with Crippen molar-refractivity contribution < 1.29 is 41.1 Å². The first-order chi connectivity index (χ1) is 14.6. The van der Waals surface area contributed by atoms with E-state index in [1.807, 2.05) is 0 Å². The molecule has 0 aliphatic rings. The average Bonchev–Trinajstić information content (AvgIpc) is 3.10. The van der Waals surface area contributed by atoms with E-state index in [9.17, 15) is 26.7 Å². The maximum atomic E-state index is 14.3. The molecule has 1 heterocycles. The van der Waals surface area contributed by atoms with Crippen molar-refractivity contribution in [1.82, 2.24) is 5.16 Å². The van der Waals surface area contributed by atoms with Crippen molar-refractivity contribution in [3.63, 3.8) is 0 Å². The molecule has 0 unspecified atom stereocenters. The Morgan fingerprint density at radius 1 is 1.13 bits per heavy atom. The van der Waals surface area contributed by atoms with Crippen molar-refractivity contribution in [2.24, 2.45) is 0 Å². The van der Waals surface area contributed by atoms with Crippen LogP contribution in [-0.4, -0.2) is 16.2 Å². The van der Waals surface area contributed by atoms with E-state index in [0.29, 0.717) is 4.47 Å². The van der Waals surface area contributed by atoms with Crippen LogP contribution in [0.4, 0.5) is 22.0 Å². The van der Waals surface area contributed by atoms with Gasteiger partial charge in [0.15, 0.2) is 17.4 Å². The lowest BCUT2D eigenvalue weighted by atomic mass is 10.1. The molecule has 1 aromatic heterocycles. The van der Waals surface area contributed by atoms with Crippen molar-refractivity contribution in [3.8, 4) is 17.0 Å². The summed E-state index contributed by atoms with van der Waals surface area (Å²) in [5, 5.41) is 12.1. The third-order valence-electron chi connectivity index (χ3n) is 4.21. The molecule has 0 fully saturated rings. The molecule has 0 aliphatic heterocycles. The number of nitrogens with zero attached hydrogens (tertiary/aromatic N) is 1. The van der Waals surface area contributed by atoms with E-state index in [2.05, 4.69) is 25.6 Å². The van der Waals surface area contributed by atoms with Gasteiger partial charge in [0.2, 0.25) is 5.76 Å². The van der Waals surface area contributed by atoms with Gasteiger partial charge in [-0.2, -0.15) is 13.2 Å². The van der Waals surface area contributed by atoms with E-state index in [4.69, 9.17) is 9.84 Å². The molecule has 31 heavy (non-hydrogen) atoms. The highest BCUT2D eigenvalue weighted by molar-refractivity contribution is 9.10. The number of benzene rings is 2. The molecule has 2 aromatic carbocycles. The lowest BCUT2D eigenvalue weighted by Gasteiger charge is -2.12. The fourth-order valence-electron chi connectivity index (χ4n) is 2.79. The van der Waals surface area contributed by atoms with Crippen LogP contribution in [0.3, 0.4) is 0 Å². The van der Waals surface area contributed by atoms with Crippen molar-refractivity contribution in [1.29, 1.82) is 0 Å². The van der Waals surface area contributed by atoms with Crippen LogP contribution in [0.2, 0.25) is 0 Å². The van der Waals surface area contributed by atoms with Crippen LogP contribution in [0, 0.1) is 11.6 Å². The number of carboxylic acid groups (broad SMARTS) is 1. The zero-order chi connectivity index (χ0) is 22.8. The van der Waals surface area contributed by atoms with Gasteiger partial charge in [-0.1, -0.05) is 33.2 Å². The van der Waals surface area contributed by atoms with Crippen LogP contribution in [-0.2, 0) is 24.0 Å². The summed E-state index contributed by atoms with van der Waals surface area (Å²) in [6, 6.07) is 7.88. The first-order valence-electron chi connectivity index (χ1n) is 8.70. The number of ether oxygens (including phenoxy) is 1. The fourth-order valence-corrected chi connectivity index (χ4v) is 3.06. The number of aromatic nitrogens is 1. The topological polar surface area (TPSA) is 72.6 Å². The predicted molar refractivity (Wildman–Crippen MR) is 101 cm³/mol. The van der Waals surface area contributed by atoms with Crippen LogP contribution < -0.4 is 4.74 Å². The summed E-state index contributed by atoms with van der Waals surface area (Å²) in [7, 11) is 0. The van der Waals surface area contributed by atoms with Crippen molar-refractivity contribution in [2.75, 3.05) is 0 Å². The SMILES string of the molecule is O=C(O)CCc1cc(F)c(OCc2c(-c3ccc(Br)cc3)noc2C(F)(F)F)c(F)c1. The Labute approximate surface area is 180 Å². The second-order valence-electron chi connectivity index (χ2n) is 6.41. The molecule has 3 rings (SSSR count). The van der Waals surface area contributed by atoms with Gasteiger partial charge in [-0.3, -0.25) is 4.79 Å². The molecule has 0 aliphatic carbocycles. The minimum Gasteiger partial charge on any atom is -0.483 e. The number of alkyl halides is 3. The molecular formula is C20H13BrF5NO4. The standard InChI is InChI=1S/C20H13BrF5NO4/c21-12-4-2-11(3-5-12)17-13(19(31-27-17)20(24,25)26)9-30-18-14(22)7-10(8-15(18)23)1-6-16(28)29/h2-5,7-8H,1,6,9H2,(H,28,29). The summed E-state index contributed by atoms with van der Waals surface area (Å²) in [6.45, 7) is -0.869. The number of carbonyl (C=O) groups is 1. The Hall–Kier alpha value is -2.95. The second kappa shape index (κ2) is 9.04. The average molecular weight is 506 g/mol. The Bertz CT molecular complexity index is 1070. The monoisotopic (exact) mass is 505 g/mol. The van der Waals surface area contributed by atoms with Gasteiger partial charge in [0.25, 0.3) is 0 Å². The molecule has 0 saturated heterocycles. The largest absolute Gasteiger partial charge is 0.483 e. The van der Waals surface area contributed by atoms with Crippen molar-refractivity contribution >= 4 is 21.9 Å². The molecule has 0 radical (unpaired) electrons. The minimum absolute atomic E-state index is 0.0706. The Morgan fingerprint density at radius 3 is 2.29 bits per heavy atom. The molecule has 0 spiro atoms. The van der Waals surface area contributed by atoms with Crippen molar-refractivity contribution in [3.05, 3.63) is 69.4 Å². The molecule has 1 N–H and O–H groups in total. The van der Waals surface area contributed by atoms with Gasteiger partial charge in [0.1, 0.15) is 12.3 Å². The number of carboxylic acids is 1. The molecular weight excluding hydrogens is 493 g/mol.